The van der Waals surface area contributed by atoms with Crippen LogP contribution in [0.4, 0.5) is 0 Å². The fraction of sp³-hybridized carbons (Fsp3) is 0.600. The highest BCUT2D eigenvalue weighted by atomic mass is 16.5. The van der Waals surface area contributed by atoms with Gasteiger partial charge < -0.3 is 14.6 Å². The highest BCUT2D eigenvalue weighted by molar-refractivity contribution is 5.87. The number of carbonyl (C=O) groups is 1. The molecule has 0 amide bonds. The van der Waals surface area contributed by atoms with Gasteiger partial charge in [0.15, 0.2) is 5.69 Å². The molecule has 1 unspecified atom stereocenters. The molecule has 0 spiro atoms. The van der Waals surface area contributed by atoms with E-state index in [2.05, 4.69) is 5.10 Å². The Hall–Kier alpha value is -1.56. The Morgan fingerprint density at radius 3 is 3.31 bits per heavy atom. The van der Waals surface area contributed by atoms with Crippen LogP contribution in [0, 0.1) is 0 Å². The summed E-state index contributed by atoms with van der Waals surface area (Å²) in [7, 11) is 0. The molecule has 0 saturated heterocycles. The number of rotatable bonds is 3. The Balaban J connectivity index is 2.15. The van der Waals surface area contributed by atoms with Crippen molar-refractivity contribution in [2.75, 3.05) is 13.2 Å². The predicted octanol–water partition coefficient (Wildman–Crippen LogP) is 0.203. The SMILES string of the molecule is CCOC(=O)c1cc2n(n1)CCC(CO)O2. The zero-order valence-electron chi connectivity index (χ0n) is 9.05. The summed E-state index contributed by atoms with van der Waals surface area (Å²) in [6.45, 7) is 2.67. The van der Waals surface area contributed by atoms with Crippen molar-refractivity contribution in [2.24, 2.45) is 0 Å². The normalized spacial score (nSPS) is 18.8. The second kappa shape index (κ2) is 4.52. The fourth-order valence-corrected chi connectivity index (χ4v) is 1.58. The van der Waals surface area contributed by atoms with Crippen LogP contribution in [0.1, 0.15) is 23.8 Å². The predicted molar refractivity (Wildman–Crippen MR) is 54.3 cm³/mol. The first-order chi connectivity index (χ1) is 7.74. The number of esters is 1. The van der Waals surface area contributed by atoms with E-state index in [1.165, 1.54) is 0 Å². The average molecular weight is 226 g/mol. The average Bonchev–Trinajstić information content (AvgIpc) is 2.71. The number of hydrogen-bond acceptors (Lipinski definition) is 5. The molecule has 0 fully saturated rings. The number of aliphatic hydroxyl groups is 1. The molecule has 6 nitrogen and oxygen atoms in total. The van der Waals surface area contributed by atoms with Crippen molar-refractivity contribution in [3.63, 3.8) is 0 Å². The maximum atomic E-state index is 11.4. The van der Waals surface area contributed by atoms with Gasteiger partial charge in [0.1, 0.15) is 6.10 Å². The van der Waals surface area contributed by atoms with Crippen molar-refractivity contribution in [3.05, 3.63) is 11.8 Å². The third-order valence-electron chi connectivity index (χ3n) is 2.38. The Labute approximate surface area is 92.8 Å². The molecule has 1 aliphatic heterocycles. The van der Waals surface area contributed by atoms with Gasteiger partial charge in [-0.25, -0.2) is 9.48 Å². The van der Waals surface area contributed by atoms with E-state index in [4.69, 9.17) is 14.6 Å². The second-order valence-electron chi connectivity index (χ2n) is 3.52. The topological polar surface area (TPSA) is 73.6 Å². The number of aromatic nitrogens is 2. The zero-order valence-corrected chi connectivity index (χ0v) is 9.05. The van der Waals surface area contributed by atoms with Crippen LogP contribution in [0.25, 0.3) is 0 Å². The van der Waals surface area contributed by atoms with Gasteiger partial charge in [0.2, 0.25) is 5.88 Å². The van der Waals surface area contributed by atoms with E-state index in [1.807, 2.05) is 0 Å². The monoisotopic (exact) mass is 226 g/mol. The van der Waals surface area contributed by atoms with Crippen molar-refractivity contribution in [2.45, 2.75) is 26.0 Å². The van der Waals surface area contributed by atoms with Gasteiger partial charge >= 0.3 is 5.97 Å². The number of carbonyl (C=O) groups excluding carboxylic acids is 1. The molecule has 2 heterocycles. The highest BCUT2D eigenvalue weighted by Gasteiger charge is 2.23. The van der Waals surface area contributed by atoms with E-state index in [0.29, 0.717) is 25.5 Å². The number of ether oxygens (including phenoxy) is 2. The third kappa shape index (κ3) is 2.01. The van der Waals surface area contributed by atoms with E-state index < -0.39 is 5.97 Å². The lowest BCUT2D eigenvalue weighted by molar-refractivity contribution is 0.0517. The molecule has 88 valence electrons. The van der Waals surface area contributed by atoms with E-state index in [0.717, 1.165) is 0 Å². The Bertz CT molecular complexity index is 388. The van der Waals surface area contributed by atoms with Gasteiger partial charge in [0.05, 0.1) is 13.2 Å². The molecule has 1 atom stereocenters. The summed E-state index contributed by atoms with van der Waals surface area (Å²) in [6, 6.07) is 1.54. The molecule has 1 N–H and O–H groups in total. The summed E-state index contributed by atoms with van der Waals surface area (Å²) < 4.78 is 11.9. The molecular weight excluding hydrogens is 212 g/mol. The van der Waals surface area contributed by atoms with Gasteiger partial charge in [-0.3, -0.25) is 0 Å². The van der Waals surface area contributed by atoms with Crippen molar-refractivity contribution in [1.82, 2.24) is 9.78 Å². The van der Waals surface area contributed by atoms with Crippen LogP contribution in [0.2, 0.25) is 0 Å². The van der Waals surface area contributed by atoms with Crippen molar-refractivity contribution < 1.29 is 19.4 Å². The molecule has 0 bridgehead atoms. The molecule has 0 aliphatic carbocycles. The minimum absolute atomic E-state index is 0.0279. The summed E-state index contributed by atoms with van der Waals surface area (Å²) in [5.74, 6) is 0.0573. The fourth-order valence-electron chi connectivity index (χ4n) is 1.58. The van der Waals surface area contributed by atoms with Crippen molar-refractivity contribution >= 4 is 5.97 Å². The molecule has 0 radical (unpaired) electrons. The number of aliphatic hydroxyl groups excluding tert-OH is 1. The first-order valence-electron chi connectivity index (χ1n) is 5.27. The summed E-state index contributed by atoms with van der Waals surface area (Å²) in [5, 5.41) is 13.0. The lowest BCUT2D eigenvalue weighted by Gasteiger charge is -2.22. The maximum Gasteiger partial charge on any atom is 0.358 e. The number of hydrogen-bond donors (Lipinski definition) is 1. The quantitative estimate of drug-likeness (QED) is 0.745. The molecule has 1 aromatic rings. The number of fused-ring (bicyclic) bond motifs is 1. The van der Waals surface area contributed by atoms with Gasteiger partial charge in [-0.05, 0) is 6.92 Å². The standard InChI is InChI=1S/C10H14N2O4/c1-2-15-10(14)8-5-9-12(11-8)4-3-7(6-13)16-9/h5,7,13H,2-4,6H2,1H3. The summed E-state index contributed by atoms with van der Waals surface area (Å²) in [4.78, 5) is 11.4. The minimum Gasteiger partial charge on any atom is -0.472 e. The van der Waals surface area contributed by atoms with Crippen LogP contribution < -0.4 is 4.74 Å². The Morgan fingerprint density at radius 1 is 1.81 bits per heavy atom. The van der Waals surface area contributed by atoms with Gasteiger partial charge in [0, 0.05) is 19.0 Å². The summed E-state index contributed by atoms with van der Waals surface area (Å²) in [6.07, 6.45) is 0.479. The summed E-state index contributed by atoms with van der Waals surface area (Å²) in [5.41, 5.74) is 0.246. The number of nitrogens with zero attached hydrogens (tertiary/aromatic N) is 2. The van der Waals surface area contributed by atoms with Crippen molar-refractivity contribution in [1.29, 1.82) is 0 Å². The first-order valence-corrected chi connectivity index (χ1v) is 5.27. The molecular formula is C10H14N2O4. The molecule has 1 aliphatic rings. The third-order valence-corrected chi connectivity index (χ3v) is 2.38. The first kappa shape index (κ1) is 10.9. The van der Waals surface area contributed by atoms with E-state index >= 15 is 0 Å². The van der Waals surface area contributed by atoms with Crippen LogP contribution in [0.5, 0.6) is 5.88 Å². The Morgan fingerprint density at radius 2 is 2.62 bits per heavy atom. The van der Waals surface area contributed by atoms with Gasteiger partial charge in [-0.15, -0.1) is 0 Å². The van der Waals surface area contributed by atoms with Crippen LogP contribution >= 0.6 is 0 Å². The summed E-state index contributed by atoms with van der Waals surface area (Å²) >= 11 is 0. The molecule has 1 aromatic heterocycles. The van der Waals surface area contributed by atoms with Crippen LogP contribution in [-0.2, 0) is 11.3 Å². The van der Waals surface area contributed by atoms with E-state index in [1.54, 1.807) is 17.7 Å². The zero-order chi connectivity index (χ0) is 11.5. The van der Waals surface area contributed by atoms with Crippen LogP contribution in [0.3, 0.4) is 0 Å². The van der Waals surface area contributed by atoms with E-state index in [9.17, 15) is 4.79 Å². The maximum absolute atomic E-state index is 11.4. The van der Waals surface area contributed by atoms with Gasteiger partial charge in [-0.1, -0.05) is 0 Å². The second-order valence-corrected chi connectivity index (χ2v) is 3.52. The molecule has 6 heteroatoms. The van der Waals surface area contributed by atoms with Crippen LogP contribution in [-0.4, -0.2) is 40.2 Å². The molecule has 16 heavy (non-hydrogen) atoms. The highest BCUT2D eigenvalue weighted by Crippen LogP contribution is 2.22. The lowest BCUT2D eigenvalue weighted by atomic mass is 10.2. The van der Waals surface area contributed by atoms with Gasteiger partial charge in [-0.2, -0.15) is 5.10 Å². The minimum atomic E-state index is -0.450. The van der Waals surface area contributed by atoms with Crippen LogP contribution in [0.15, 0.2) is 6.07 Å². The smallest absolute Gasteiger partial charge is 0.358 e. The Kier molecular flexibility index (Phi) is 3.09. The largest absolute Gasteiger partial charge is 0.472 e. The number of aryl methyl sites for hydroxylation is 1. The van der Waals surface area contributed by atoms with Crippen molar-refractivity contribution in [3.8, 4) is 5.88 Å². The lowest BCUT2D eigenvalue weighted by Crippen LogP contribution is -2.29. The van der Waals surface area contributed by atoms with Gasteiger partial charge in [0.25, 0.3) is 0 Å². The van der Waals surface area contributed by atoms with E-state index in [-0.39, 0.29) is 18.4 Å². The molecule has 2 rings (SSSR count). The molecule has 0 saturated carbocycles. The molecule has 0 aromatic carbocycles.